The molecule has 0 N–H and O–H groups in total. The molecular weight excluding hydrogens is 280 g/mol. The zero-order chi connectivity index (χ0) is 16.8. The average molecular weight is 315 g/mol. The van der Waals surface area contributed by atoms with E-state index in [1.165, 1.54) is 6.42 Å². The molecule has 23 heavy (non-hydrogen) atoms. The summed E-state index contributed by atoms with van der Waals surface area (Å²) in [6, 6.07) is 0. The van der Waals surface area contributed by atoms with Gasteiger partial charge in [-0.1, -0.05) is 74.1 Å². The van der Waals surface area contributed by atoms with Crippen LogP contribution in [0.4, 0.5) is 0 Å². The summed E-state index contributed by atoms with van der Waals surface area (Å²) in [4.78, 5) is 10.2. The predicted octanol–water partition coefficient (Wildman–Crippen LogP) is 6.89. The Kier molecular flexibility index (Phi) is 18.9. The second-order valence-corrected chi connectivity index (χ2v) is 5.51. The molecule has 0 spiro atoms. The monoisotopic (exact) mass is 314 g/mol. The molecule has 0 saturated heterocycles. The third-order valence-corrected chi connectivity index (χ3v) is 3.35. The lowest BCUT2D eigenvalue weighted by Crippen LogP contribution is -1.77. The standard InChI is InChI=1S/C22H34O/c1-2-3-4-5-6-7-8-9-10-11-12-13-14-15-16-17-18-19-20-21-22-23/h3-4,6-7,9-10,12-13,15-16,22H,2,5,8,11,14,17-21H2,1H3/b4-3?,7-6?,10-9?,13-12?,16-15-. The number of hydrogen-bond donors (Lipinski definition) is 0. The van der Waals surface area contributed by atoms with Crippen LogP contribution in [-0.4, -0.2) is 6.29 Å². The SMILES string of the molecule is CCC=CCC=CCC=CCC=CC/C=C\CCCCCC=O. The Morgan fingerprint density at radius 2 is 0.957 bits per heavy atom. The smallest absolute Gasteiger partial charge is 0.119 e. The van der Waals surface area contributed by atoms with Crippen molar-refractivity contribution in [1.82, 2.24) is 0 Å². The number of allylic oxidation sites excluding steroid dienone is 10. The van der Waals surface area contributed by atoms with Gasteiger partial charge in [0.05, 0.1) is 0 Å². The van der Waals surface area contributed by atoms with Crippen LogP contribution in [0.1, 0.15) is 71.1 Å². The van der Waals surface area contributed by atoms with Gasteiger partial charge in [-0.25, -0.2) is 0 Å². The lowest BCUT2D eigenvalue weighted by molar-refractivity contribution is -0.107. The number of carbonyl (C=O) groups excluding carboxylic acids is 1. The average Bonchev–Trinajstić information content (AvgIpc) is 2.57. The Morgan fingerprint density at radius 1 is 0.522 bits per heavy atom. The first-order chi connectivity index (χ1) is 11.4. The van der Waals surface area contributed by atoms with E-state index in [1.807, 2.05) is 0 Å². The van der Waals surface area contributed by atoms with Gasteiger partial charge in [-0.05, 0) is 51.4 Å². The summed E-state index contributed by atoms with van der Waals surface area (Å²) in [5, 5.41) is 0. The molecule has 0 rings (SSSR count). The van der Waals surface area contributed by atoms with Crippen molar-refractivity contribution in [3.05, 3.63) is 60.8 Å². The molecule has 0 atom stereocenters. The second-order valence-electron chi connectivity index (χ2n) is 5.51. The van der Waals surface area contributed by atoms with E-state index in [1.54, 1.807) is 0 Å². The van der Waals surface area contributed by atoms with Gasteiger partial charge < -0.3 is 4.79 Å². The highest BCUT2D eigenvalue weighted by molar-refractivity contribution is 5.48. The van der Waals surface area contributed by atoms with Crippen molar-refractivity contribution in [2.45, 2.75) is 71.1 Å². The summed E-state index contributed by atoms with van der Waals surface area (Å²) in [6.07, 6.45) is 33.7. The van der Waals surface area contributed by atoms with Gasteiger partial charge in [0.1, 0.15) is 6.29 Å². The van der Waals surface area contributed by atoms with Crippen LogP contribution in [-0.2, 0) is 4.79 Å². The molecule has 0 saturated carbocycles. The number of unbranched alkanes of at least 4 members (excludes halogenated alkanes) is 4. The van der Waals surface area contributed by atoms with Crippen LogP contribution < -0.4 is 0 Å². The van der Waals surface area contributed by atoms with Gasteiger partial charge in [0.15, 0.2) is 0 Å². The van der Waals surface area contributed by atoms with E-state index in [-0.39, 0.29) is 0 Å². The van der Waals surface area contributed by atoms with Gasteiger partial charge >= 0.3 is 0 Å². The summed E-state index contributed by atoms with van der Waals surface area (Å²) >= 11 is 0. The summed E-state index contributed by atoms with van der Waals surface area (Å²) in [7, 11) is 0. The minimum Gasteiger partial charge on any atom is -0.303 e. The van der Waals surface area contributed by atoms with Gasteiger partial charge in [-0.3, -0.25) is 0 Å². The molecule has 0 aliphatic carbocycles. The highest BCUT2D eigenvalue weighted by Gasteiger charge is 1.85. The van der Waals surface area contributed by atoms with Crippen molar-refractivity contribution in [3.63, 3.8) is 0 Å². The molecule has 0 aromatic heterocycles. The lowest BCUT2D eigenvalue weighted by atomic mass is 10.1. The third-order valence-electron chi connectivity index (χ3n) is 3.35. The highest BCUT2D eigenvalue weighted by atomic mass is 16.1. The first kappa shape index (κ1) is 21.4. The third kappa shape index (κ3) is 20.4. The number of hydrogen-bond acceptors (Lipinski definition) is 1. The summed E-state index contributed by atoms with van der Waals surface area (Å²) in [5.74, 6) is 0. The zero-order valence-corrected chi connectivity index (χ0v) is 14.8. The Bertz CT molecular complexity index is 383. The second kappa shape index (κ2) is 20.4. The fourth-order valence-electron chi connectivity index (χ4n) is 2.04. The number of rotatable bonds is 15. The number of aldehydes is 1. The molecular formula is C22H34O. The molecule has 1 heteroatoms. The highest BCUT2D eigenvalue weighted by Crippen LogP contribution is 2.03. The first-order valence-electron chi connectivity index (χ1n) is 9.10. The predicted molar refractivity (Wildman–Crippen MR) is 104 cm³/mol. The quantitative estimate of drug-likeness (QED) is 0.183. The molecule has 0 unspecified atom stereocenters. The Labute approximate surface area is 143 Å². The molecule has 0 bridgehead atoms. The van der Waals surface area contributed by atoms with Crippen molar-refractivity contribution >= 4 is 6.29 Å². The maximum Gasteiger partial charge on any atom is 0.119 e. The van der Waals surface area contributed by atoms with E-state index < -0.39 is 0 Å². The van der Waals surface area contributed by atoms with Crippen LogP contribution in [0.2, 0.25) is 0 Å². The zero-order valence-electron chi connectivity index (χ0n) is 14.8. The summed E-state index contributed by atoms with van der Waals surface area (Å²) < 4.78 is 0. The fourth-order valence-corrected chi connectivity index (χ4v) is 2.04. The first-order valence-corrected chi connectivity index (χ1v) is 9.10. The normalized spacial score (nSPS) is 12.7. The van der Waals surface area contributed by atoms with E-state index >= 15 is 0 Å². The van der Waals surface area contributed by atoms with Crippen molar-refractivity contribution < 1.29 is 4.79 Å². The van der Waals surface area contributed by atoms with Gasteiger partial charge in [0.25, 0.3) is 0 Å². The minimum atomic E-state index is 0.714. The Hall–Kier alpha value is -1.63. The molecule has 0 aliphatic heterocycles. The van der Waals surface area contributed by atoms with E-state index in [9.17, 15) is 4.79 Å². The van der Waals surface area contributed by atoms with Crippen LogP contribution in [0.5, 0.6) is 0 Å². The van der Waals surface area contributed by atoms with E-state index in [4.69, 9.17) is 0 Å². The molecule has 0 amide bonds. The lowest BCUT2D eigenvalue weighted by Gasteiger charge is -1.93. The van der Waals surface area contributed by atoms with Crippen molar-refractivity contribution in [2.75, 3.05) is 0 Å². The van der Waals surface area contributed by atoms with E-state index in [0.717, 1.165) is 57.7 Å². The van der Waals surface area contributed by atoms with Gasteiger partial charge in [0, 0.05) is 6.42 Å². The molecule has 0 heterocycles. The van der Waals surface area contributed by atoms with E-state index in [0.29, 0.717) is 6.42 Å². The largest absolute Gasteiger partial charge is 0.303 e. The Balaban J connectivity index is 3.40. The molecule has 128 valence electrons. The van der Waals surface area contributed by atoms with Crippen molar-refractivity contribution in [3.8, 4) is 0 Å². The van der Waals surface area contributed by atoms with Crippen molar-refractivity contribution in [2.24, 2.45) is 0 Å². The van der Waals surface area contributed by atoms with Crippen LogP contribution in [0.25, 0.3) is 0 Å². The summed E-state index contributed by atoms with van der Waals surface area (Å²) in [6.45, 7) is 2.16. The molecule has 0 aliphatic rings. The van der Waals surface area contributed by atoms with Gasteiger partial charge in [0.2, 0.25) is 0 Å². The Morgan fingerprint density at radius 3 is 1.43 bits per heavy atom. The molecule has 0 aromatic rings. The van der Waals surface area contributed by atoms with Crippen molar-refractivity contribution in [1.29, 1.82) is 0 Å². The minimum absolute atomic E-state index is 0.714. The summed E-state index contributed by atoms with van der Waals surface area (Å²) in [5.41, 5.74) is 0. The molecule has 1 nitrogen and oxygen atoms in total. The maximum atomic E-state index is 10.2. The molecule has 0 aromatic carbocycles. The fraction of sp³-hybridized carbons (Fsp3) is 0.500. The maximum absolute atomic E-state index is 10.2. The van der Waals surface area contributed by atoms with Gasteiger partial charge in [-0.2, -0.15) is 0 Å². The van der Waals surface area contributed by atoms with Crippen LogP contribution >= 0.6 is 0 Å². The van der Waals surface area contributed by atoms with Crippen LogP contribution in [0, 0.1) is 0 Å². The van der Waals surface area contributed by atoms with E-state index in [2.05, 4.69) is 67.7 Å². The topological polar surface area (TPSA) is 17.1 Å². The van der Waals surface area contributed by atoms with Crippen LogP contribution in [0.15, 0.2) is 60.8 Å². The number of carbonyl (C=O) groups is 1. The molecule has 0 fully saturated rings. The molecule has 0 radical (unpaired) electrons. The van der Waals surface area contributed by atoms with Gasteiger partial charge in [-0.15, -0.1) is 0 Å². The van der Waals surface area contributed by atoms with Crippen LogP contribution in [0.3, 0.4) is 0 Å².